The lowest BCUT2D eigenvalue weighted by Crippen LogP contribution is -2.29. The molecule has 4 aromatic rings. The smallest absolute Gasteiger partial charge is 0.257 e. The number of carbonyl (C=O) groups is 1. The van der Waals surface area contributed by atoms with E-state index in [-0.39, 0.29) is 23.8 Å². The van der Waals surface area contributed by atoms with Crippen molar-refractivity contribution >= 4 is 39.1 Å². The van der Waals surface area contributed by atoms with E-state index in [9.17, 15) is 14.7 Å². The van der Waals surface area contributed by atoms with Gasteiger partial charge in [0, 0.05) is 61.3 Å². The molecule has 1 aliphatic heterocycles. The molecular formula is C32H38ClN5O6S. The van der Waals surface area contributed by atoms with Crippen molar-refractivity contribution in [1.82, 2.24) is 24.8 Å². The number of aromatic nitrogens is 3. The van der Waals surface area contributed by atoms with Crippen molar-refractivity contribution in [3.8, 4) is 0 Å². The number of thiophene rings is 1. The number of nitrogens with one attached hydrogen (secondary N) is 1. The van der Waals surface area contributed by atoms with Crippen LogP contribution in [0, 0.1) is 0 Å². The number of hydrogen-bond donors (Lipinski definition) is 2. The number of rotatable bonds is 15. The topological polar surface area (TPSA) is 128 Å². The lowest BCUT2D eigenvalue weighted by molar-refractivity contribution is -0.169. The molecule has 0 radical (unpaired) electrons. The molecule has 240 valence electrons. The molecule has 13 heteroatoms. The Morgan fingerprint density at radius 1 is 1.24 bits per heavy atom. The zero-order valence-electron chi connectivity index (χ0n) is 25.2. The molecule has 1 amide bonds. The fraction of sp³-hybridized carbons (Fsp3) is 0.438. The van der Waals surface area contributed by atoms with E-state index in [0.29, 0.717) is 55.6 Å². The van der Waals surface area contributed by atoms with Gasteiger partial charge >= 0.3 is 0 Å². The Morgan fingerprint density at radius 3 is 2.84 bits per heavy atom. The summed E-state index contributed by atoms with van der Waals surface area (Å²) >= 11 is 7.46. The number of pyridine rings is 1. The summed E-state index contributed by atoms with van der Waals surface area (Å²) in [4.78, 5) is 38.7. The third-order valence-corrected chi connectivity index (χ3v) is 8.80. The van der Waals surface area contributed by atoms with Gasteiger partial charge in [-0.25, -0.2) is 0 Å². The largest absolute Gasteiger partial charge is 0.385 e. The molecule has 4 heterocycles. The fourth-order valence-electron chi connectivity index (χ4n) is 5.06. The van der Waals surface area contributed by atoms with Crippen molar-refractivity contribution in [2.75, 3.05) is 40.0 Å². The monoisotopic (exact) mass is 655 g/mol. The number of fused-ring (bicyclic) bond motifs is 1. The molecule has 3 aromatic heterocycles. The lowest BCUT2D eigenvalue weighted by Gasteiger charge is -2.22. The zero-order valence-corrected chi connectivity index (χ0v) is 26.8. The number of halogens is 1. The fourth-order valence-corrected chi connectivity index (χ4v) is 6.42. The molecule has 2 unspecified atom stereocenters. The molecule has 2 atom stereocenters. The van der Waals surface area contributed by atoms with Gasteiger partial charge in [-0.3, -0.25) is 24.5 Å². The number of aliphatic hydroxyl groups excluding tert-OH is 1. The maximum atomic E-state index is 13.6. The summed E-state index contributed by atoms with van der Waals surface area (Å²) in [5.74, 6) is -0.454. The molecule has 11 nitrogen and oxygen atoms in total. The molecule has 2 N–H and O–H groups in total. The standard InChI is InChI=1S/C32H38ClN5O6S/c1-37(21-28(39)27-18-34-9-10-35-27)19-24-16-25-30(40)26(31(41)36-17-22-5-7-23(33)8-6-22)20-38(32(25)45-24)11-13-42-14-15-44-29-4-2-3-12-43-29/h5-10,16,18,20,28-29,39H,2-4,11-15,17,19,21H2,1H3,(H,36,41). The van der Waals surface area contributed by atoms with E-state index in [2.05, 4.69) is 15.3 Å². The van der Waals surface area contributed by atoms with E-state index in [1.54, 1.807) is 36.9 Å². The van der Waals surface area contributed by atoms with Crippen molar-refractivity contribution in [3.05, 3.63) is 92.1 Å². The van der Waals surface area contributed by atoms with Crippen LogP contribution in [0.25, 0.3) is 10.2 Å². The maximum absolute atomic E-state index is 13.6. The van der Waals surface area contributed by atoms with Gasteiger partial charge in [0.1, 0.15) is 16.5 Å². The van der Waals surface area contributed by atoms with Crippen LogP contribution < -0.4 is 10.7 Å². The summed E-state index contributed by atoms with van der Waals surface area (Å²) < 4.78 is 19.1. The number of likely N-dealkylation sites (N-methyl/N-ethyl adjacent to an activating group) is 1. The number of amides is 1. The summed E-state index contributed by atoms with van der Waals surface area (Å²) in [7, 11) is 1.89. The normalized spacial score (nSPS) is 15.9. The van der Waals surface area contributed by atoms with Gasteiger partial charge in [0.2, 0.25) is 5.43 Å². The van der Waals surface area contributed by atoms with Gasteiger partial charge in [-0.15, -0.1) is 11.3 Å². The Kier molecular flexibility index (Phi) is 12.1. The number of ether oxygens (including phenoxy) is 3. The van der Waals surface area contributed by atoms with Gasteiger partial charge in [-0.1, -0.05) is 23.7 Å². The molecule has 1 aromatic carbocycles. The van der Waals surface area contributed by atoms with Crippen LogP contribution >= 0.6 is 22.9 Å². The second-order valence-electron chi connectivity index (χ2n) is 10.9. The van der Waals surface area contributed by atoms with E-state index in [0.717, 1.165) is 41.1 Å². The van der Waals surface area contributed by atoms with E-state index in [1.807, 2.05) is 34.7 Å². The maximum Gasteiger partial charge on any atom is 0.257 e. The Hall–Kier alpha value is -3.23. The van der Waals surface area contributed by atoms with Crippen molar-refractivity contribution in [1.29, 1.82) is 0 Å². The average molecular weight is 656 g/mol. The minimum absolute atomic E-state index is 0.0602. The minimum atomic E-state index is -0.806. The summed E-state index contributed by atoms with van der Waals surface area (Å²) in [6.07, 6.45) is 8.35. The van der Waals surface area contributed by atoms with Gasteiger partial charge in [0.05, 0.1) is 37.1 Å². The molecule has 1 aliphatic rings. The number of carbonyl (C=O) groups excluding carboxylic acids is 1. The Morgan fingerprint density at radius 2 is 2.09 bits per heavy atom. The predicted molar refractivity (Wildman–Crippen MR) is 172 cm³/mol. The highest BCUT2D eigenvalue weighted by molar-refractivity contribution is 7.18. The van der Waals surface area contributed by atoms with Crippen LogP contribution in [0.1, 0.15) is 51.9 Å². The molecule has 1 fully saturated rings. The number of aliphatic hydroxyl groups is 1. The highest BCUT2D eigenvalue weighted by Crippen LogP contribution is 2.26. The molecule has 5 rings (SSSR count). The first kappa shape index (κ1) is 33.1. The Labute approximate surface area is 270 Å². The third-order valence-electron chi connectivity index (χ3n) is 7.39. The molecule has 0 spiro atoms. The van der Waals surface area contributed by atoms with Crippen LogP contribution in [0.15, 0.2) is 59.9 Å². The van der Waals surface area contributed by atoms with Crippen LogP contribution in [-0.4, -0.2) is 76.8 Å². The Balaban J connectivity index is 1.28. The van der Waals surface area contributed by atoms with E-state index < -0.39 is 12.0 Å². The third kappa shape index (κ3) is 9.39. The molecular weight excluding hydrogens is 618 g/mol. The first-order valence-corrected chi connectivity index (χ1v) is 16.2. The van der Waals surface area contributed by atoms with Crippen molar-refractivity contribution < 1.29 is 24.1 Å². The zero-order chi connectivity index (χ0) is 31.6. The van der Waals surface area contributed by atoms with E-state index in [1.165, 1.54) is 11.3 Å². The van der Waals surface area contributed by atoms with Crippen LogP contribution in [0.4, 0.5) is 0 Å². The van der Waals surface area contributed by atoms with Crippen molar-refractivity contribution in [2.45, 2.75) is 51.3 Å². The molecule has 0 saturated carbocycles. The number of hydrogen-bond acceptors (Lipinski definition) is 10. The van der Waals surface area contributed by atoms with Gasteiger partial charge < -0.3 is 29.2 Å². The highest BCUT2D eigenvalue weighted by Gasteiger charge is 2.20. The van der Waals surface area contributed by atoms with Gasteiger partial charge in [0.25, 0.3) is 5.91 Å². The van der Waals surface area contributed by atoms with Gasteiger partial charge in [-0.2, -0.15) is 0 Å². The first-order valence-electron chi connectivity index (χ1n) is 15.0. The molecule has 1 saturated heterocycles. The summed E-state index contributed by atoms with van der Waals surface area (Å²) in [6, 6.07) is 9.00. The quantitative estimate of drug-likeness (QED) is 0.182. The van der Waals surface area contributed by atoms with Crippen molar-refractivity contribution in [3.63, 3.8) is 0 Å². The number of benzene rings is 1. The molecule has 45 heavy (non-hydrogen) atoms. The predicted octanol–water partition coefficient (Wildman–Crippen LogP) is 4.16. The van der Waals surface area contributed by atoms with Crippen LogP contribution in [-0.2, 0) is 33.8 Å². The second-order valence-corrected chi connectivity index (χ2v) is 12.5. The van der Waals surface area contributed by atoms with Crippen LogP contribution in [0.5, 0.6) is 0 Å². The van der Waals surface area contributed by atoms with Crippen LogP contribution in [0.2, 0.25) is 5.02 Å². The van der Waals surface area contributed by atoms with Crippen LogP contribution in [0.3, 0.4) is 0 Å². The van der Waals surface area contributed by atoms with Gasteiger partial charge in [-0.05, 0) is 50.1 Å². The van der Waals surface area contributed by atoms with Gasteiger partial charge in [0.15, 0.2) is 6.29 Å². The molecule has 0 aliphatic carbocycles. The second kappa shape index (κ2) is 16.4. The van der Waals surface area contributed by atoms with E-state index in [4.69, 9.17) is 25.8 Å². The lowest BCUT2D eigenvalue weighted by atomic mass is 10.1. The minimum Gasteiger partial charge on any atom is -0.385 e. The summed E-state index contributed by atoms with van der Waals surface area (Å²) in [5, 5.41) is 14.5. The molecule has 0 bridgehead atoms. The summed E-state index contributed by atoms with van der Waals surface area (Å²) in [6.45, 7) is 3.46. The summed E-state index contributed by atoms with van der Waals surface area (Å²) in [5.41, 5.74) is 1.09. The average Bonchev–Trinajstić information content (AvgIpc) is 3.48. The first-order chi connectivity index (χ1) is 21.9. The number of nitrogens with zero attached hydrogens (tertiary/aromatic N) is 4. The SMILES string of the molecule is CN(Cc1cc2c(=O)c(C(=O)NCc3ccc(Cl)cc3)cn(CCOCCOC3CCCCO3)c2s1)CC(O)c1cnccn1. The van der Waals surface area contributed by atoms with E-state index >= 15 is 0 Å². The Bertz CT molecular complexity index is 1590. The highest BCUT2D eigenvalue weighted by atomic mass is 35.5. The van der Waals surface area contributed by atoms with Crippen molar-refractivity contribution in [2.24, 2.45) is 0 Å².